The molecule has 3 atom stereocenters. The highest BCUT2D eigenvalue weighted by atomic mass is 32.2. The van der Waals surface area contributed by atoms with Crippen molar-refractivity contribution in [3.05, 3.63) is 0 Å². The van der Waals surface area contributed by atoms with E-state index in [1.54, 1.807) is 0 Å². The highest BCUT2D eigenvalue weighted by Gasteiger charge is 2.28. The molecule has 1 aliphatic heterocycles. The highest BCUT2D eigenvalue weighted by molar-refractivity contribution is 7.99. The molecule has 1 heterocycles. The molecular formula is C10H20O2S. The van der Waals surface area contributed by atoms with Gasteiger partial charge in [-0.3, -0.25) is 0 Å². The SMILES string of the molecule is CC(C)C(C)C(O)C1CSCCO1. The molecule has 13 heavy (non-hydrogen) atoms. The van der Waals surface area contributed by atoms with Gasteiger partial charge >= 0.3 is 0 Å². The molecular weight excluding hydrogens is 184 g/mol. The molecule has 1 fully saturated rings. The second-order valence-corrected chi connectivity index (χ2v) is 5.23. The normalized spacial score (nSPS) is 28.8. The van der Waals surface area contributed by atoms with Crippen molar-refractivity contribution < 1.29 is 9.84 Å². The summed E-state index contributed by atoms with van der Waals surface area (Å²) in [4.78, 5) is 0. The van der Waals surface area contributed by atoms with Crippen molar-refractivity contribution in [3.8, 4) is 0 Å². The minimum Gasteiger partial charge on any atom is -0.390 e. The number of thioether (sulfide) groups is 1. The molecule has 0 aromatic heterocycles. The third kappa shape index (κ3) is 3.15. The Morgan fingerprint density at radius 3 is 2.54 bits per heavy atom. The van der Waals surface area contributed by atoms with Gasteiger partial charge in [0.05, 0.1) is 18.8 Å². The predicted octanol–water partition coefficient (Wildman–Crippen LogP) is 1.77. The van der Waals surface area contributed by atoms with Crippen LogP contribution in [0, 0.1) is 11.8 Å². The lowest BCUT2D eigenvalue weighted by Crippen LogP contribution is -2.40. The summed E-state index contributed by atoms with van der Waals surface area (Å²) < 4.78 is 5.54. The lowest BCUT2D eigenvalue weighted by Gasteiger charge is -2.32. The molecule has 1 saturated heterocycles. The van der Waals surface area contributed by atoms with E-state index in [0.29, 0.717) is 11.8 Å². The first-order valence-corrected chi connectivity index (χ1v) is 6.15. The first-order chi connectivity index (χ1) is 6.13. The molecule has 0 bridgehead atoms. The zero-order valence-corrected chi connectivity index (χ0v) is 9.51. The van der Waals surface area contributed by atoms with E-state index in [9.17, 15) is 5.11 Å². The van der Waals surface area contributed by atoms with Crippen molar-refractivity contribution in [1.82, 2.24) is 0 Å². The van der Waals surface area contributed by atoms with E-state index in [1.807, 2.05) is 11.8 Å². The average molecular weight is 204 g/mol. The molecule has 1 aliphatic rings. The Labute approximate surface area is 85.0 Å². The fourth-order valence-corrected chi connectivity index (χ4v) is 2.34. The van der Waals surface area contributed by atoms with Crippen molar-refractivity contribution in [2.75, 3.05) is 18.1 Å². The maximum absolute atomic E-state index is 9.97. The summed E-state index contributed by atoms with van der Waals surface area (Å²) in [6.45, 7) is 7.17. The van der Waals surface area contributed by atoms with Crippen LogP contribution in [-0.2, 0) is 4.74 Å². The standard InChI is InChI=1S/C10H20O2S/c1-7(2)8(3)10(11)9-6-13-5-4-12-9/h7-11H,4-6H2,1-3H3. The van der Waals surface area contributed by atoms with Gasteiger partial charge in [0.1, 0.15) is 0 Å². The van der Waals surface area contributed by atoms with Gasteiger partial charge in [-0.15, -0.1) is 0 Å². The molecule has 0 aromatic rings. The van der Waals surface area contributed by atoms with Crippen molar-refractivity contribution >= 4 is 11.8 Å². The van der Waals surface area contributed by atoms with Crippen LogP contribution in [0.3, 0.4) is 0 Å². The summed E-state index contributed by atoms with van der Waals surface area (Å²) in [6.07, 6.45) is -0.246. The predicted molar refractivity (Wildman–Crippen MR) is 57.1 cm³/mol. The van der Waals surface area contributed by atoms with E-state index < -0.39 is 0 Å². The summed E-state index contributed by atoms with van der Waals surface area (Å²) >= 11 is 1.88. The molecule has 0 spiro atoms. The van der Waals surface area contributed by atoms with Crippen LogP contribution in [0.4, 0.5) is 0 Å². The Kier molecular flexibility index (Phi) is 4.56. The lowest BCUT2D eigenvalue weighted by atomic mass is 9.90. The second kappa shape index (κ2) is 5.23. The topological polar surface area (TPSA) is 29.5 Å². The van der Waals surface area contributed by atoms with Crippen LogP contribution in [0.5, 0.6) is 0 Å². The molecule has 2 nitrogen and oxygen atoms in total. The Morgan fingerprint density at radius 1 is 1.38 bits per heavy atom. The molecule has 3 unspecified atom stereocenters. The molecule has 0 amide bonds. The van der Waals surface area contributed by atoms with E-state index >= 15 is 0 Å². The van der Waals surface area contributed by atoms with Crippen LogP contribution in [0.2, 0.25) is 0 Å². The van der Waals surface area contributed by atoms with E-state index in [-0.39, 0.29) is 12.2 Å². The van der Waals surface area contributed by atoms with Gasteiger partial charge in [0.25, 0.3) is 0 Å². The number of aliphatic hydroxyl groups is 1. The van der Waals surface area contributed by atoms with Crippen LogP contribution in [0.15, 0.2) is 0 Å². The third-order valence-electron chi connectivity index (χ3n) is 2.81. The van der Waals surface area contributed by atoms with Crippen LogP contribution < -0.4 is 0 Å². The van der Waals surface area contributed by atoms with Crippen LogP contribution in [-0.4, -0.2) is 35.4 Å². The minimum atomic E-state index is -0.298. The minimum absolute atomic E-state index is 0.0520. The summed E-state index contributed by atoms with van der Waals surface area (Å²) in [5, 5.41) is 9.97. The average Bonchev–Trinajstić information content (AvgIpc) is 2.17. The van der Waals surface area contributed by atoms with E-state index in [0.717, 1.165) is 18.1 Å². The van der Waals surface area contributed by atoms with Crippen molar-refractivity contribution in [2.24, 2.45) is 11.8 Å². The molecule has 0 aromatic carbocycles. The molecule has 78 valence electrons. The van der Waals surface area contributed by atoms with Crippen LogP contribution in [0.1, 0.15) is 20.8 Å². The van der Waals surface area contributed by atoms with Crippen molar-refractivity contribution in [2.45, 2.75) is 33.0 Å². The molecule has 0 saturated carbocycles. The first kappa shape index (κ1) is 11.3. The number of rotatable bonds is 3. The van der Waals surface area contributed by atoms with Crippen molar-refractivity contribution in [1.29, 1.82) is 0 Å². The van der Waals surface area contributed by atoms with Crippen LogP contribution in [0.25, 0.3) is 0 Å². The maximum atomic E-state index is 9.97. The van der Waals surface area contributed by atoms with E-state index in [1.165, 1.54) is 0 Å². The van der Waals surface area contributed by atoms with E-state index in [4.69, 9.17) is 4.74 Å². The van der Waals surface area contributed by atoms with Crippen LogP contribution >= 0.6 is 11.8 Å². The Balaban J connectivity index is 2.40. The fraction of sp³-hybridized carbons (Fsp3) is 1.00. The van der Waals surface area contributed by atoms with Gasteiger partial charge in [-0.05, 0) is 11.8 Å². The monoisotopic (exact) mass is 204 g/mol. The maximum Gasteiger partial charge on any atom is 0.0927 e. The smallest absolute Gasteiger partial charge is 0.0927 e. The summed E-state index contributed by atoms with van der Waals surface area (Å²) in [5.74, 6) is 2.85. The van der Waals surface area contributed by atoms with Gasteiger partial charge in [0.15, 0.2) is 0 Å². The zero-order valence-electron chi connectivity index (χ0n) is 8.69. The highest BCUT2D eigenvalue weighted by Crippen LogP contribution is 2.23. The largest absolute Gasteiger partial charge is 0.390 e. The van der Waals surface area contributed by atoms with Gasteiger partial charge in [-0.2, -0.15) is 11.8 Å². The number of hydrogen-bond donors (Lipinski definition) is 1. The van der Waals surface area contributed by atoms with Gasteiger partial charge < -0.3 is 9.84 Å². The van der Waals surface area contributed by atoms with Gasteiger partial charge in [0, 0.05) is 11.5 Å². The fourth-order valence-electron chi connectivity index (χ4n) is 1.44. The Bertz CT molecular complexity index is 144. The molecule has 1 rings (SSSR count). The summed E-state index contributed by atoms with van der Waals surface area (Å²) in [5.41, 5.74) is 0. The Hall–Kier alpha value is 0.270. The number of ether oxygens (including phenoxy) is 1. The number of aliphatic hydroxyl groups excluding tert-OH is 1. The molecule has 0 aliphatic carbocycles. The van der Waals surface area contributed by atoms with Crippen molar-refractivity contribution in [3.63, 3.8) is 0 Å². The van der Waals surface area contributed by atoms with Gasteiger partial charge in [-0.25, -0.2) is 0 Å². The third-order valence-corrected chi connectivity index (χ3v) is 3.83. The first-order valence-electron chi connectivity index (χ1n) is 5.00. The quantitative estimate of drug-likeness (QED) is 0.760. The number of hydrogen-bond acceptors (Lipinski definition) is 3. The Morgan fingerprint density at radius 2 is 2.08 bits per heavy atom. The zero-order chi connectivity index (χ0) is 9.84. The van der Waals surface area contributed by atoms with E-state index in [2.05, 4.69) is 20.8 Å². The lowest BCUT2D eigenvalue weighted by molar-refractivity contribution is -0.0533. The molecule has 1 N–H and O–H groups in total. The molecule has 3 heteroatoms. The summed E-state index contributed by atoms with van der Waals surface area (Å²) in [7, 11) is 0. The van der Waals surface area contributed by atoms with Gasteiger partial charge in [-0.1, -0.05) is 20.8 Å². The second-order valence-electron chi connectivity index (χ2n) is 4.08. The van der Waals surface area contributed by atoms with Gasteiger partial charge in [0.2, 0.25) is 0 Å². The summed E-state index contributed by atoms with van der Waals surface area (Å²) in [6, 6.07) is 0. The molecule has 0 radical (unpaired) electrons.